The topological polar surface area (TPSA) is 112 Å². The first-order valence-electron chi connectivity index (χ1n) is 10.4. The van der Waals surface area contributed by atoms with E-state index in [0.29, 0.717) is 32.3 Å². The average Bonchev–Trinajstić information content (AvgIpc) is 3.28. The Morgan fingerprint density at radius 2 is 2.06 bits per heavy atom. The summed E-state index contributed by atoms with van der Waals surface area (Å²) in [4.78, 5) is 28.3. The van der Waals surface area contributed by atoms with Crippen molar-refractivity contribution in [2.24, 2.45) is 11.1 Å². The predicted molar refractivity (Wildman–Crippen MR) is 106 cm³/mol. The summed E-state index contributed by atoms with van der Waals surface area (Å²) in [5.41, 5.74) is 3.06. The van der Waals surface area contributed by atoms with Crippen molar-refractivity contribution in [3.05, 3.63) is 41.0 Å². The molecule has 2 aliphatic carbocycles. The van der Waals surface area contributed by atoms with Gasteiger partial charge in [-0.1, -0.05) is 0 Å². The predicted octanol–water partition coefficient (Wildman–Crippen LogP) is 3.09. The van der Waals surface area contributed by atoms with E-state index in [1.807, 2.05) is 6.92 Å². The fourth-order valence-corrected chi connectivity index (χ4v) is 5.12. The number of nitrogens with zero attached hydrogens (tertiary/aromatic N) is 3. The zero-order chi connectivity index (χ0) is 22.9. The van der Waals surface area contributed by atoms with Gasteiger partial charge in [-0.25, -0.2) is 0 Å². The Bertz CT molecular complexity index is 1120. The van der Waals surface area contributed by atoms with Gasteiger partial charge in [-0.2, -0.15) is 18.3 Å². The third kappa shape index (κ3) is 3.54. The Labute approximate surface area is 181 Å². The summed E-state index contributed by atoms with van der Waals surface area (Å²) in [5.74, 6) is -2.06. The first kappa shape index (κ1) is 20.9. The van der Waals surface area contributed by atoms with E-state index in [2.05, 4.69) is 15.4 Å². The number of nitrogens with two attached hydrogens (primary N) is 1. The smallest absolute Gasteiger partial charge is 0.375 e. The van der Waals surface area contributed by atoms with E-state index in [1.54, 1.807) is 0 Å². The lowest BCUT2D eigenvalue weighted by molar-refractivity contribution is -0.138. The average molecular weight is 449 g/mol. The van der Waals surface area contributed by atoms with Gasteiger partial charge in [0.15, 0.2) is 0 Å². The molecule has 0 unspecified atom stereocenters. The Hall–Kier alpha value is -2.95. The lowest BCUT2D eigenvalue weighted by atomic mass is 9.63. The first-order chi connectivity index (χ1) is 15.0. The molecule has 11 heteroatoms. The number of primary amides is 1. The molecule has 2 aromatic heterocycles. The zero-order valence-corrected chi connectivity index (χ0v) is 17.3. The van der Waals surface area contributed by atoms with E-state index in [1.165, 1.54) is 23.0 Å². The van der Waals surface area contributed by atoms with Gasteiger partial charge >= 0.3 is 6.18 Å². The highest BCUT2D eigenvalue weighted by Crippen LogP contribution is 2.58. The molecule has 4 fully saturated rings. The van der Waals surface area contributed by atoms with Crippen molar-refractivity contribution < 1.29 is 27.5 Å². The maximum absolute atomic E-state index is 14.1. The highest BCUT2D eigenvalue weighted by molar-refractivity contribution is 6.05. The van der Waals surface area contributed by atoms with Gasteiger partial charge in [0.05, 0.1) is 17.9 Å². The van der Waals surface area contributed by atoms with Crippen molar-refractivity contribution in [3.63, 3.8) is 0 Å². The van der Waals surface area contributed by atoms with Gasteiger partial charge in [0.25, 0.3) is 11.8 Å². The molecule has 0 atom stereocenters. The Morgan fingerprint density at radius 3 is 2.62 bits per heavy atom. The Morgan fingerprint density at radius 1 is 1.34 bits per heavy atom. The second-order valence-electron chi connectivity index (χ2n) is 9.38. The highest BCUT2D eigenvalue weighted by atomic mass is 19.4. The molecule has 6 rings (SSSR count). The van der Waals surface area contributed by atoms with Crippen molar-refractivity contribution in [1.29, 1.82) is 0 Å². The van der Waals surface area contributed by atoms with Crippen molar-refractivity contribution in [2.45, 2.75) is 56.8 Å². The first-order valence-corrected chi connectivity index (χ1v) is 10.4. The number of hydrogen-bond donors (Lipinski definition) is 2. The SMILES string of the molecule is CC12CC(Cn3nc(C4CC4)c(C(F)(F)F)c3C(=O)Nc3ccnc(C(N)=O)c3)(CO1)C2. The van der Waals surface area contributed by atoms with Gasteiger partial charge in [0.1, 0.15) is 17.0 Å². The number of ether oxygens (including phenoxy) is 1. The van der Waals surface area contributed by atoms with E-state index < -0.39 is 29.2 Å². The van der Waals surface area contributed by atoms with Gasteiger partial charge in [0, 0.05) is 29.8 Å². The molecule has 4 aliphatic rings. The van der Waals surface area contributed by atoms with Gasteiger partial charge in [-0.15, -0.1) is 0 Å². The van der Waals surface area contributed by atoms with Gasteiger partial charge in [-0.05, 0) is 44.7 Å². The van der Waals surface area contributed by atoms with Crippen LogP contribution in [0.25, 0.3) is 0 Å². The van der Waals surface area contributed by atoms with Crippen LogP contribution < -0.4 is 11.1 Å². The fourth-order valence-electron chi connectivity index (χ4n) is 5.12. The van der Waals surface area contributed by atoms with Crippen LogP contribution in [0.15, 0.2) is 18.3 Å². The summed E-state index contributed by atoms with van der Waals surface area (Å²) in [6.07, 6.45) is -0.838. The van der Waals surface area contributed by atoms with Crippen LogP contribution >= 0.6 is 0 Å². The normalized spacial score (nSPS) is 26.6. The molecule has 2 aromatic rings. The molecule has 32 heavy (non-hydrogen) atoms. The number of fused-ring (bicyclic) bond motifs is 1. The third-order valence-corrected chi connectivity index (χ3v) is 6.42. The molecule has 0 aromatic carbocycles. The van der Waals surface area contributed by atoms with E-state index in [-0.39, 0.29) is 40.6 Å². The lowest BCUT2D eigenvalue weighted by Crippen LogP contribution is -2.44. The quantitative estimate of drug-likeness (QED) is 0.704. The van der Waals surface area contributed by atoms with Crippen molar-refractivity contribution in [1.82, 2.24) is 14.8 Å². The maximum Gasteiger partial charge on any atom is 0.420 e. The van der Waals surface area contributed by atoms with Crippen LogP contribution in [0.2, 0.25) is 0 Å². The summed E-state index contributed by atoms with van der Waals surface area (Å²) in [5, 5.41) is 6.75. The second kappa shape index (κ2) is 6.77. The summed E-state index contributed by atoms with van der Waals surface area (Å²) < 4.78 is 49.4. The van der Waals surface area contributed by atoms with Gasteiger partial charge < -0.3 is 15.8 Å². The van der Waals surface area contributed by atoms with E-state index in [4.69, 9.17) is 10.5 Å². The largest absolute Gasteiger partial charge is 0.420 e. The number of carbonyl (C=O) groups excluding carboxylic acids is 2. The molecule has 2 saturated heterocycles. The lowest BCUT2D eigenvalue weighted by Gasteiger charge is -2.42. The number of anilines is 1. The molecule has 2 saturated carbocycles. The second-order valence-corrected chi connectivity index (χ2v) is 9.38. The molecular formula is C21H22F3N5O3. The van der Waals surface area contributed by atoms with Crippen LogP contribution in [-0.4, -0.2) is 38.8 Å². The van der Waals surface area contributed by atoms with Crippen molar-refractivity contribution >= 4 is 17.5 Å². The molecule has 3 N–H and O–H groups in total. The summed E-state index contributed by atoms with van der Waals surface area (Å²) in [6.45, 7) is 2.58. The minimum absolute atomic E-state index is 0.0763. The molecule has 8 nitrogen and oxygen atoms in total. The summed E-state index contributed by atoms with van der Waals surface area (Å²) in [7, 11) is 0. The molecule has 2 amide bonds. The summed E-state index contributed by atoms with van der Waals surface area (Å²) >= 11 is 0. The standard InChI is InChI=1S/C21H22F3N5O3/c1-19-7-20(8-19,10-32-19)9-29-16(14(21(22,23)24)15(28-29)11-2-3-11)18(31)27-12-4-5-26-13(6-12)17(25)30/h4-6,11H,2-3,7-10H2,1H3,(H2,25,30)(H,26,27,31). The van der Waals surface area contributed by atoms with E-state index >= 15 is 0 Å². The van der Waals surface area contributed by atoms with Gasteiger partial charge in [-0.3, -0.25) is 19.3 Å². The molecule has 0 spiro atoms. The molecule has 170 valence electrons. The fraction of sp³-hybridized carbons (Fsp3) is 0.524. The van der Waals surface area contributed by atoms with Crippen molar-refractivity contribution in [3.8, 4) is 0 Å². The third-order valence-electron chi connectivity index (χ3n) is 6.42. The minimum Gasteiger partial charge on any atom is -0.375 e. The number of nitrogens with one attached hydrogen (secondary N) is 1. The van der Waals surface area contributed by atoms with Crippen LogP contribution in [0, 0.1) is 5.41 Å². The van der Waals surface area contributed by atoms with Crippen LogP contribution in [0.5, 0.6) is 0 Å². The molecule has 4 heterocycles. The van der Waals surface area contributed by atoms with Crippen LogP contribution in [-0.2, 0) is 17.5 Å². The number of hydrogen-bond acceptors (Lipinski definition) is 5. The number of aromatic nitrogens is 3. The summed E-state index contributed by atoms with van der Waals surface area (Å²) in [6, 6.07) is 2.60. The minimum atomic E-state index is -4.74. The number of halogens is 3. The molecule has 0 radical (unpaired) electrons. The van der Waals surface area contributed by atoms with E-state index in [9.17, 15) is 22.8 Å². The molecular weight excluding hydrogens is 427 g/mol. The zero-order valence-electron chi connectivity index (χ0n) is 17.3. The van der Waals surface area contributed by atoms with E-state index in [0.717, 1.165) is 0 Å². The number of alkyl halides is 3. The number of amides is 2. The Balaban J connectivity index is 1.54. The van der Waals surface area contributed by atoms with Crippen LogP contribution in [0.1, 0.15) is 70.8 Å². The number of rotatable bonds is 6. The van der Waals surface area contributed by atoms with Crippen molar-refractivity contribution in [2.75, 3.05) is 11.9 Å². The number of carbonyl (C=O) groups is 2. The Kier molecular flexibility index (Phi) is 4.43. The molecule has 2 bridgehead atoms. The molecule has 2 aliphatic heterocycles. The monoisotopic (exact) mass is 449 g/mol. The number of pyridine rings is 1. The van der Waals surface area contributed by atoms with Gasteiger partial charge in [0.2, 0.25) is 0 Å². The highest BCUT2D eigenvalue weighted by Gasteiger charge is 2.60. The van der Waals surface area contributed by atoms with Crippen LogP contribution in [0.3, 0.4) is 0 Å². The maximum atomic E-state index is 14.1. The van der Waals surface area contributed by atoms with Crippen LogP contribution in [0.4, 0.5) is 18.9 Å².